The smallest absolute Gasteiger partial charge is 0.140 e. The molecule has 3 nitrogen and oxygen atoms in total. The minimum atomic E-state index is 0.491. The van der Waals surface area contributed by atoms with Crippen LogP contribution >= 0.6 is 24.0 Å². The van der Waals surface area contributed by atoms with Crippen LogP contribution in [0.5, 0.6) is 11.5 Å². The molecular weight excluding hydrogens is 254 g/mol. The first kappa shape index (κ1) is 12.3. The molecule has 17 heavy (non-hydrogen) atoms. The van der Waals surface area contributed by atoms with Gasteiger partial charge in [0.2, 0.25) is 0 Å². The van der Waals surface area contributed by atoms with E-state index in [1.54, 1.807) is 18.4 Å². The minimum absolute atomic E-state index is 0.491. The van der Waals surface area contributed by atoms with Crippen LogP contribution in [-0.2, 0) is 12.4 Å². The van der Waals surface area contributed by atoms with Gasteiger partial charge >= 0.3 is 0 Å². The van der Waals surface area contributed by atoms with Crippen molar-refractivity contribution >= 4 is 24.0 Å². The number of rotatable bonds is 5. The molecule has 0 atom stereocenters. The number of nitrogens with zero attached hydrogens (tertiary/aromatic N) is 1. The molecule has 5 heteroatoms. The monoisotopic (exact) mass is 267 g/mol. The highest BCUT2D eigenvalue weighted by Crippen LogP contribution is 2.19. The molecule has 2 aromatic rings. The van der Waals surface area contributed by atoms with Crippen molar-refractivity contribution in [1.82, 2.24) is 4.98 Å². The molecule has 0 bridgehead atoms. The molecule has 0 fully saturated rings. The summed E-state index contributed by atoms with van der Waals surface area (Å²) in [4.78, 5) is 4.37. The number of thiazole rings is 1. The summed E-state index contributed by atoms with van der Waals surface area (Å²) in [5, 5.41) is 2.96. The number of ether oxygens (including phenoxy) is 2. The third-order valence-corrected chi connectivity index (χ3v) is 3.38. The molecule has 0 spiro atoms. The average molecular weight is 267 g/mol. The van der Waals surface area contributed by atoms with Crippen molar-refractivity contribution in [1.29, 1.82) is 0 Å². The van der Waals surface area contributed by atoms with Gasteiger partial charge in [0.25, 0.3) is 0 Å². The Morgan fingerprint density at radius 1 is 1.24 bits per heavy atom. The number of aromatic nitrogens is 1. The third-order valence-electron chi connectivity index (χ3n) is 2.18. The van der Waals surface area contributed by atoms with Crippen LogP contribution in [0.2, 0.25) is 0 Å². The molecule has 0 amide bonds. The SMILES string of the molecule is COc1ccc(OCc2nc(CS)cs2)cc1. The van der Waals surface area contributed by atoms with Crippen molar-refractivity contribution in [3.63, 3.8) is 0 Å². The molecule has 0 saturated carbocycles. The van der Waals surface area contributed by atoms with E-state index in [4.69, 9.17) is 9.47 Å². The summed E-state index contributed by atoms with van der Waals surface area (Å²) in [6.07, 6.45) is 0. The van der Waals surface area contributed by atoms with Crippen LogP contribution < -0.4 is 9.47 Å². The van der Waals surface area contributed by atoms with Crippen molar-refractivity contribution in [3.05, 3.63) is 40.3 Å². The summed E-state index contributed by atoms with van der Waals surface area (Å²) in [5.74, 6) is 2.30. The van der Waals surface area contributed by atoms with E-state index < -0.39 is 0 Å². The lowest BCUT2D eigenvalue weighted by Gasteiger charge is -2.04. The average Bonchev–Trinajstić information content (AvgIpc) is 2.85. The Morgan fingerprint density at radius 2 is 1.94 bits per heavy atom. The third kappa shape index (κ3) is 3.38. The fraction of sp³-hybridized carbons (Fsp3) is 0.250. The molecule has 0 N–H and O–H groups in total. The molecule has 1 heterocycles. The number of thiol groups is 1. The van der Waals surface area contributed by atoms with Gasteiger partial charge in [0, 0.05) is 11.1 Å². The second-order valence-electron chi connectivity index (χ2n) is 3.35. The maximum absolute atomic E-state index is 5.62. The summed E-state index contributed by atoms with van der Waals surface area (Å²) in [5.41, 5.74) is 0.992. The maximum atomic E-state index is 5.62. The molecule has 0 aliphatic heterocycles. The largest absolute Gasteiger partial charge is 0.497 e. The molecule has 1 aromatic carbocycles. The van der Waals surface area contributed by atoms with Gasteiger partial charge in [-0.15, -0.1) is 11.3 Å². The zero-order chi connectivity index (χ0) is 12.1. The lowest BCUT2D eigenvalue weighted by atomic mass is 10.3. The second kappa shape index (κ2) is 5.93. The fourth-order valence-electron chi connectivity index (χ4n) is 1.30. The van der Waals surface area contributed by atoms with E-state index in [2.05, 4.69) is 17.6 Å². The molecule has 1 aromatic heterocycles. The highest BCUT2D eigenvalue weighted by molar-refractivity contribution is 7.79. The van der Waals surface area contributed by atoms with Gasteiger partial charge in [-0.1, -0.05) is 0 Å². The van der Waals surface area contributed by atoms with E-state index in [9.17, 15) is 0 Å². The van der Waals surface area contributed by atoms with E-state index in [0.29, 0.717) is 12.4 Å². The number of benzene rings is 1. The quantitative estimate of drug-likeness (QED) is 0.844. The van der Waals surface area contributed by atoms with Gasteiger partial charge in [-0.2, -0.15) is 12.6 Å². The molecule has 0 unspecified atom stereocenters. The van der Waals surface area contributed by atoms with Crippen LogP contribution in [0.3, 0.4) is 0 Å². The first-order valence-electron chi connectivity index (χ1n) is 5.13. The Morgan fingerprint density at radius 3 is 2.53 bits per heavy atom. The number of hydrogen-bond donors (Lipinski definition) is 1. The summed E-state index contributed by atoms with van der Waals surface area (Å²) < 4.78 is 10.7. The van der Waals surface area contributed by atoms with E-state index in [1.807, 2.05) is 29.6 Å². The van der Waals surface area contributed by atoms with Gasteiger partial charge in [0.15, 0.2) is 0 Å². The lowest BCUT2D eigenvalue weighted by molar-refractivity contribution is 0.304. The highest BCUT2D eigenvalue weighted by atomic mass is 32.1. The molecule has 2 rings (SSSR count). The highest BCUT2D eigenvalue weighted by Gasteiger charge is 2.02. The zero-order valence-electron chi connectivity index (χ0n) is 9.42. The molecule has 0 radical (unpaired) electrons. The van der Waals surface area contributed by atoms with Gasteiger partial charge in [-0.25, -0.2) is 4.98 Å². The van der Waals surface area contributed by atoms with Crippen LogP contribution in [0.1, 0.15) is 10.7 Å². The standard InChI is InChI=1S/C12H13NO2S2/c1-14-10-2-4-11(5-3-10)15-6-12-13-9(7-16)8-17-12/h2-5,8,16H,6-7H2,1H3. The Balaban J connectivity index is 1.92. The normalized spacial score (nSPS) is 10.2. The van der Waals surface area contributed by atoms with Crippen molar-refractivity contribution in [2.24, 2.45) is 0 Å². The maximum Gasteiger partial charge on any atom is 0.140 e. The van der Waals surface area contributed by atoms with Gasteiger partial charge in [-0.05, 0) is 24.3 Å². The van der Waals surface area contributed by atoms with Crippen molar-refractivity contribution < 1.29 is 9.47 Å². The Hall–Kier alpha value is -1.20. The first-order chi connectivity index (χ1) is 8.31. The first-order valence-corrected chi connectivity index (χ1v) is 6.64. The van der Waals surface area contributed by atoms with Crippen molar-refractivity contribution in [2.45, 2.75) is 12.4 Å². The summed E-state index contributed by atoms with van der Waals surface area (Å²) in [6.45, 7) is 0.491. The van der Waals surface area contributed by atoms with Gasteiger partial charge < -0.3 is 9.47 Å². The molecular formula is C12H13NO2S2. The Labute approximate surface area is 110 Å². The zero-order valence-corrected chi connectivity index (χ0v) is 11.1. The Bertz CT molecular complexity index is 468. The molecule has 0 aliphatic rings. The van der Waals surface area contributed by atoms with Crippen LogP contribution in [0.4, 0.5) is 0 Å². The van der Waals surface area contributed by atoms with E-state index in [1.165, 1.54) is 0 Å². The van der Waals surface area contributed by atoms with Crippen LogP contribution in [-0.4, -0.2) is 12.1 Å². The summed E-state index contributed by atoms with van der Waals surface area (Å²) in [6, 6.07) is 7.50. The molecule has 90 valence electrons. The van der Waals surface area contributed by atoms with Crippen LogP contribution in [0.25, 0.3) is 0 Å². The second-order valence-corrected chi connectivity index (χ2v) is 4.61. The van der Waals surface area contributed by atoms with Crippen molar-refractivity contribution in [3.8, 4) is 11.5 Å². The fourth-order valence-corrected chi connectivity index (χ4v) is 2.30. The summed E-state index contributed by atoms with van der Waals surface area (Å²) >= 11 is 5.76. The minimum Gasteiger partial charge on any atom is -0.497 e. The van der Waals surface area contributed by atoms with E-state index in [-0.39, 0.29) is 0 Å². The Kier molecular flexibility index (Phi) is 4.28. The lowest BCUT2D eigenvalue weighted by Crippen LogP contribution is -1.95. The number of methoxy groups -OCH3 is 1. The number of hydrogen-bond acceptors (Lipinski definition) is 5. The van der Waals surface area contributed by atoms with E-state index in [0.717, 1.165) is 22.2 Å². The van der Waals surface area contributed by atoms with Gasteiger partial charge in [0.05, 0.1) is 12.8 Å². The van der Waals surface area contributed by atoms with Gasteiger partial charge in [0.1, 0.15) is 23.1 Å². The topological polar surface area (TPSA) is 31.4 Å². The van der Waals surface area contributed by atoms with Crippen molar-refractivity contribution in [2.75, 3.05) is 7.11 Å². The van der Waals surface area contributed by atoms with Gasteiger partial charge in [-0.3, -0.25) is 0 Å². The van der Waals surface area contributed by atoms with Crippen LogP contribution in [0.15, 0.2) is 29.6 Å². The van der Waals surface area contributed by atoms with Crippen LogP contribution in [0, 0.1) is 0 Å². The summed E-state index contributed by atoms with van der Waals surface area (Å²) in [7, 11) is 1.64. The predicted molar refractivity (Wildman–Crippen MR) is 72.1 cm³/mol. The predicted octanol–water partition coefficient (Wildman–Crippen LogP) is 3.16. The molecule has 0 saturated heterocycles. The molecule has 0 aliphatic carbocycles. The van der Waals surface area contributed by atoms with E-state index >= 15 is 0 Å².